The quantitative estimate of drug-likeness (QED) is 0.158. The smallest absolute Gasteiger partial charge is 0.163 e. The van der Waals surface area contributed by atoms with Crippen molar-refractivity contribution in [2.24, 2.45) is 0 Å². The zero-order valence-electron chi connectivity index (χ0n) is 32.4. The Morgan fingerprint density at radius 1 is 0.317 bits per heavy atom. The summed E-state index contributed by atoms with van der Waals surface area (Å²) in [6.45, 7) is 0. The van der Waals surface area contributed by atoms with Crippen LogP contribution in [0.2, 0.25) is 0 Å². The van der Waals surface area contributed by atoms with E-state index in [1.165, 1.54) is 16.2 Å². The van der Waals surface area contributed by atoms with Gasteiger partial charge in [-0.1, -0.05) is 194 Å². The van der Waals surface area contributed by atoms with Crippen molar-refractivity contribution in [3.63, 3.8) is 0 Å². The number of fused-ring (bicyclic) bond motifs is 9. The summed E-state index contributed by atoms with van der Waals surface area (Å²) in [7, 11) is 0. The lowest BCUT2D eigenvalue weighted by Crippen LogP contribution is -2.03. The molecular weight excluding hydrogens is 731 g/mol. The molecule has 12 rings (SSSR count). The highest BCUT2D eigenvalue weighted by Gasteiger charge is 2.22. The Balaban J connectivity index is 1.02. The number of hydrogen-bond acceptors (Lipinski definition) is 3. The van der Waals surface area contributed by atoms with Crippen LogP contribution in [0.5, 0.6) is 0 Å². The van der Waals surface area contributed by atoms with Gasteiger partial charge < -0.3 is 0 Å². The van der Waals surface area contributed by atoms with Gasteiger partial charge in [0.05, 0.1) is 16.7 Å². The monoisotopic (exact) mass is 765 g/mol. The first-order chi connectivity index (χ1) is 29.8. The number of imidazole rings is 1. The number of nitrogens with zero attached hydrogens (tertiary/aromatic N) is 5. The van der Waals surface area contributed by atoms with E-state index in [-0.39, 0.29) is 0 Å². The summed E-state index contributed by atoms with van der Waals surface area (Å²) in [6.07, 6.45) is 0. The van der Waals surface area contributed by atoms with E-state index in [9.17, 15) is 0 Å². The van der Waals surface area contributed by atoms with Gasteiger partial charge in [0, 0.05) is 43.9 Å². The van der Waals surface area contributed by atoms with Gasteiger partial charge in [0.1, 0.15) is 17.3 Å². The lowest BCUT2D eigenvalue weighted by atomic mass is 9.99. The van der Waals surface area contributed by atoms with Gasteiger partial charge in [0.2, 0.25) is 0 Å². The molecule has 0 aliphatic rings. The minimum Gasteiger partial charge on any atom is -0.292 e. The molecule has 0 N–H and O–H groups in total. The van der Waals surface area contributed by atoms with Crippen molar-refractivity contribution in [2.75, 3.05) is 0 Å². The van der Waals surface area contributed by atoms with Gasteiger partial charge in [-0.15, -0.1) is 0 Å². The van der Waals surface area contributed by atoms with Gasteiger partial charge in [-0.25, -0.2) is 15.0 Å². The van der Waals surface area contributed by atoms with Crippen molar-refractivity contribution in [2.45, 2.75) is 0 Å². The predicted molar refractivity (Wildman–Crippen MR) is 247 cm³/mol. The first-order valence-corrected chi connectivity index (χ1v) is 20.3. The zero-order valence-corrected chi connectivity index (χ0v) is 32.4. The molecule has 0 radical (unpaired) electrons. The summed E-state index contributed by atoms with van der Waals surface area (Å²) in [5.41, 5.74) is 11.5. The molecule has 3 aromatic heterocycles. The molecule has 0 atom stereocenters. The average Bonchev–Trinajstić information content (AvgIpc) is 3.90. The maximum Gasteiger partial charge on any atom is 0.163 e. The van der Waals surface area contributed by atoms with E-state index in [1.54, 1.807) is 0 Å². The van der Waals surface area contributed by atoms with Gasteiger partial charge >= 0.3 is 0 Å². The predicted octanol–water partition coefficient (Wildman–Crippen LogP) is 13.9. The summed E-state index contributed by atoms with van der Waals surface area (Å²) in [6, 6.07) is 74.8. The molecule has 5 nitrogen and oxygen atoms in total. The maximum absolute atomic E-state index is 5.49. The number of para-hydroxylation sites is 1. The highest BCUT2D eigenvalue weighted by molar-refractivity contribution is 6.24. The molecule has 0 unspecified atom stereocenters. The second-order valence-electron chi connectivity index (χ2n) is 15.2. The molecule has 3 heterocycles. The third-order valence-electron chi connectivity index (χ3n) is 11.7. The van der Waals surface area contributed by atoms with Gasteiger partial charge in [-0.05, 0) is 45.7 Å². The normalized spacial score (nSPS) is 11.7. The van der Waals surface area contributed by atoms with Gasteiger partial charge in [-0.3, -0.25) is 8.97 Å². The minimum atomic E-state index is 0.703. The molecule has 0 saturated heterocycles. The summed E-state index contributed by atoms with van der Waals surface area (Å²) >= 11 is 0. The lowest BCUT2D eigenvalue weighted by Gasteiger charge is -2.13. The molecule has 0 amide bonds. The zero-order chi connectivity index (χ0) is 39.6. The molecule has 5 heteroatoms. The molecule has 280 valence electrons. The Labute approximate surface area is 346 Å². The van der Waals surface area contributed by atoms with Crippen LogP contribution in [-0.2, 0) is 0 Å². The van der Waals surface area contributed by atoms with E-state index >= 15 is 0 Å². The number of rotatable bonds is 6. The van der Waals surface area contributed by atoms with Crippen LogP contribution < -0.4 is 0 Å². The SMILES string of the molecule is c1ccc(-c2nc(-c3ccccc3)n3c(-c4ccc(-c5cccc(-c6nc7c8ccccc8c8ccccc8c7n6-c6ccccc6)c5)cc4)c4ccccc4c3n2)cc1. The Bertz CT molecular complexity index is 3570. The summed E-state index contributed by atoms with van der Waals surface area (Å²) in [5.74, 6) is 2.46. The first-order valence-electron chi connectivity index (χ1n) is 20.3. The average molecular weight is 766 g/mol. The van der Waals surface area contributed by atoms with Crippen molar-refractivity contribution < 1.29 is 0 Å². The molecule has 0 spiro atoms. The molecule has 12 aromatic rings. The first kappa shape index (κ1) is 33.9. The Morgan fingerprint density at radius 3 is 1.57 bits per heavy atom. The van der Waals surface area contributed by atoms with Crippen LogP contribution in [0.3, 0.4) is 0 Å². The van der Waals surface area contributed by atoms with E-state index < -0.39 is 0 Å². The molecule has 60 heavy (non-hydrogen) atoms. The second-order valence-corrected chi connectivity index (χ2v) is 15.2. The van der Waals surface area contributed by atoms with Crippen LogP contribution >= 0.6 is 0 Å². The number of benzene rings is 9. The fourth-order valence-electron chi connectivity index (χ4n) is 8.99. The second kappa shape index (κ2) is 13.8. The minimum absolute atomic E-state index is 0.703. The van der Waals surface area contributed by atoms with Crippen molar-refractivity contribution in [1.29, 1.82) is 0 Å². The highest BCUT2D eigenvalue weighted by atomic mass is 15.1. The molecule has 0 bridgehead atoms. The Kier molecular flexibility index (Phi) is 7.78. The Morgan fingerprint density at radius 2 is 0.850 bits per heavy atom. The summed E-state index contributed by atoms with van der Waals surface area (Å²) in [5, 5.41) is 6.98. The van der Waals surface area contributed by atoms with E-state index in [4.69, 9.17) is 15.0 Å². The number of hydrogen-bond donors (Lipinski definition) is 0. The fourth-order valence-corrected chi connectivity index (χ4v) is 8.99. The Hall–Kier alpha value is -8.15. The van der Waals surface area contributed by atoms with Crippen LogP contribution in [0.4, 0.5) is 0 Å². The maximum atomic E-state index is 5.49. The molecule has 0 saturated carbocycles. The highest BCUT2D eigenvalue weighted by Crippen LogP contribution is 2.41. The van der Waals surface area contributed by atoms with Crippen LogP contribution in [0.15, 0.2) is 212 Å². The van der Waals surface area contributed by atoms with Crippen molar-refractivity contribution in [3.05, 3.63) is 212 Å². The third kappa shape index (κ3) is 5.37. The summed E-state index contributed by atoms with van der Waals surface area (Å²) in [4.78, 5) is 16.0. The van der Waals surface area contributed by atoms with Crippen LogP contribution in [0, 0.1) is 0 Å². The van der Waals surface area contributed by atoms with E-state index in [2.05, 4.69) is 197 Å². The van der Waals surface area contributed by atoms with Gasteiger partial charge in [-0.2, -0.15) is 0 Å². The van der Waals surface area contributed by atoms with Crippen LogP contribution in [0.1, 0.15) is 0 Å². The van der Waals surface area contributed by atoms with Crippen molar-refractivity contribution in [1.82, 2.24) is 23.9 Å². The van der Waals surface area contributed by atoms with Crippen LogP contribution in [-0.4, -0.2) is 23.9 Å². The fraction of sp³-hybridized carbons (Fsp3) is 0. The molecule has 9 aromatic carbocycles. The van der Waals surface area contributed by atoms with Gasteiger partial charge in [0.25, 0.3) is 0 Å². The molecule has 0 fully saturated rings. The lowest BCUT2D eigenvalue weighted by molar-refractivity contribution is 1.05. The largest absolute Gasteiger partial charge is 0.292 e. The summed E-state index contributed by atoms with van der Waals surface area (Å²) < 4.78 is 4.58. The number of aromatic nitrogens is 5. The molecular formula is C55H35N5. The standard InChI is InChI=1S/C55H35N5/c1-4-17-38(18-5-1)52-57-53(39-19-6-2-7-20-39)60-50(47-29-14-15-30-48(47)55(60)58-52)37-33-31-36(32-34-37)40-21-16-22-41(35-40)54-56-49-45-27-12-10-25-43(45)44-26-11-13-28-46(44)51(49)59(54)42-23-8-3-9-24-42/h1-35H. The topological polar surface area (TPSA) is 48.0 Å². The van der Waals surface area contributed by atoms with Crippen LogP contribution in [0.25, 0.3) is 111 Å². The van der Waals surface area contributed by atoms with Crippen molar-refractivity contribution >= 4 is 49.0 Å². The third-order valence-corrected chi connectivity index (χ3v) is 11.7. The van der Waals surface area contributed by atoms with E-state index in [0.717, 1.165) is 89.3 Å². The van der Waals surface area contributed by atoms with Crippen molar-refractivity contribution in [3.8, 4) is 62.2 Å². The van der Waals surface area contributed by atoms with Gasteiger partial charge in [0.15, 0.2) is 5.82 Å². The molecule has 0 aliphatic heterocycles. The van der Waals surface area contributed by atoms with E-state index in [0.29, 0.717) is 5.82 Å². The van der Waals surface area contributed by atoms with E-state index in [1.807, 2.05) is 24.3 Å². The molecule has 0 aliphatic carbocycles.